The zero-order valence-electron chi connectivity index (χ0n) is 10.1. The quantitative estimate of drug-likeness (QED) is 0.612. The van der Waals surface area contributed by atoms with Crippen LogP contribution in [0, 0.1) is 10.1 Å². The Kier molecular flexibility index (Phi) is 5.22. The van der Waals surface area contributed by atoms with Crippen molar-refractivity contribution in [3.63, 3.8) is 0 Å². The molecule has 1 aromatic rings. The van der Waals surface area contributed by atoms with Crippen molar-refractivity contribution in [2.45, 2.75) is 39.2 Å². The topological polar surface area (TPSA) is 55.2 Å². The van der Waals surface area contributed by atoms with Crippen LogP contribution < -0.4 is 5.32 Å². The minimum atomic E-state index is -0.480. The lowest BCUT2D eigenvalue weighted by Crippen LogP contribution is -2.14. The molecule has 0 saturated carbocycles. The molecule has 0 aliphatic carbocycles. The minimum absolute atomic E-state index is 0.0570. The Hall–Kier alpha value is -1.29. The highest BCUT2D eigenvalue weighted by molar-refractivity contribution is 6.32. The molecule has 0 aliphatic rings. The van der Waals surface area contributed by atoms with Crippen molar-refractivity contribution in [1.82, 2.24) is 0 Å². The Balaban J connectivity index is 2.67. The van der Waals surface area contributed by atoms with Crippen molar-refractivity contribution in [2.75, 3.05) is 5.32 Å². The molecule has 0 amide bonds. The van der Waals surface area contributed by atoms with E-state index in [0.29, 0.717) is 6.04 Å². The minimum Gasteiger partial charge on any atom is -0.383 e. The Bertz CT molecular complexity index is 396. The van der Waals surface area contributed by atoms with E-state index in [-0.39, 0.29) is 10.7 Å². The van der Waals surface area contributed by atoms with Gasteiger partial charge in [0.25, 0.3) is 5.69 Å². The molecule has 0 aliphatic heterocycles. The monoisotopic (exact) mass is 256 g/mol. The maximum absolute atomic E-state index is 10.6. The summed E-state index contributed by atoms with van der Waals surface area (Å²) in [5.74, 6) is 0. The third kappa shape index (κ3) is 4.23. The molecular weight excluding hydrogens is 240 g/mol. The van der Waals surface area contributed by atoms with Gasteiger partial charge in [0.05, 0.1) is 4.92 Å². The normalized spacial score (nSPS) is 12.2. The number of nitrogens with one attached hydrogen (secondary N) is 1. The molecule has 1 atom stereocenters. The fourth-order valence-corrected chi connectivity index (χ4v) is 1.86. The van der Waals surface area contributed by atoms with E-state index in [1.165, 1.54) is 6.07 Å². The first-order chi connectivity index (χ1) is 8.04. The second-order valence-electron chi connectivity index (χ2n) is 4.11. The van der Waals surface area contributed by atoms with E-state index in [2.05, 4.69) is 19.2 Å². The molecule has 1 N–H and O–H groups in total. The lowest BCUT2D eigenvalue weighted by molar-refractivity contribution is -0.384. The molecule has 5 heteroatoms. The summed E-state index contributed by atoms with van der Waals surface area (Å²) in [7, 11) is 0. The van der Waals surface area contributed by atoms with Gasteiger partial charge in [0, 0.05) is 17.8 Å². The zero-order chi connectivity index (χ0) is 12.8. The fraction of sp³-hybridized carbons (Fsp3) is 0.500. The Morgan fingerprint density at radius 2 is 2.24 bits per heavy atom. The molecule has 0 bridgehead atoms. The van der Waals surface area contributed by atoms with Crippen LogP contribution in [0.25, 0.3) is 0 Å². The number of nitro benzene ring substituents is 1. The molecule has 0 radical (unpaired) electrons. The van der Waals surface area contributed by atoms with Gasteiger partial charge >= 0.3 is 0 Å². The fourth-order valence-electron chi connectivity index (χ4n) is 1.61. The first kappa shape index (κ1) is 13.8. The van der Waals surface area contributed by atoms with Gasteiger partial charge in [-0.05, 0) is 25.5 Å². The van der Waals surface area contributed by atoms with E-state index in [0.717, 1.165) is 24.9 Å². The summed E-state index contributed by atoms with van der Waals surface area (Å²) >= 11 is 5.83. The van der Waals surface area contributed by atoms with Crippen molar-refractivity contribution in [3.8, 4) is 0 Å². The zero-order valence-corrected chi connectivity index (χ0v) is 10.8. The maximum Gasteiger partial charge on any atom is 0.288 e. The number of nitrogens with zero attached hydrogens (tertiary/aromatic N) is 1. The van der Waals surface area contributed by atoms with Crippen LogP contribution in [0.15, 0.2) is 18.2 Å². The van der Waals surface area contributed by atoms with Crippen LogP contribution in [0.4, 0.5) is 11.4 Å². The molecule has 0 saturated heterocycles. The molecule has 0 fully saturated rings. The number of unbranched alkanes of at least 4 members (excludes halogenated alkanes) is 1. The van der Waals surface area contributed by atoms with E-state index in [9.17, 15) is 10.1 Å². The van der Waals surface area contributed by atoms with E-state index in [1.807, 2.05) is 0 Å². The highest BCUT2D eigenvalue weighted by Crippen LogP contribution is 2.27. The molecular formula is C12H17ClN2O2. The molecule has 0 aromatic heterocycles. The molecule has 94 valence electrons. The number of halogens is 1. The van der Waals surface area contributed by atoms with Crippen molar-refractivity contribution < 1.29 is 4.92 Å². The predicted molar refractivity (Wildman–Crippen MR) is 70.7 cm³/mol. The van der Waals surface area contributed by atoms with Crippen molar-refractivity contribution in [2.24, 2.45) is 0 Å². The smallest absolute Gasteiger partial charge is 0.288 e. The summed E-state index contributed by atoms with van der Waals surface area (Å²) in [6.07, 6.45) is 3.40. The van der Waals surface area contributed by atoms with Crippen molar-refractivity contribution in [3.05, 3.63) is 33.3 Å². The molecule has 17 heavy (non-hydrogen) atoms. The van der Waals surface area contributed by atoms with Gasteiger partial charge in [-0.1, -0.05) is 31.4 Å². The number of rotatable bonds is 6. The number of benzene rings is 1. The van der Waals surface area contributed by atoms with Crippen LogP contribution in [-0.4, -0.2) is 11.0 Å². The second kappa shape index (κ2) is 6.45. The van der Waals surface area contributed by atoms with Crippen LogP contribution in [0.3, 0.4) is 0 Å². The summed E-state index contributed by atoms with van der Waals surface area (Å²) in [6, 6.07) is 5.05. The summed E-state index contributed by atoms with van der Waals surface area (Å²) in [5.41, 5.74) is 0.766. The Morgan fingerprint density at radius 1 is 1.53 bits per heavy atom. The number of hydrogen-bond acceptors (Lipinski definition) is 3. The van der Waals surface area contributed by atoms with E-state index >= 15 is 0 Å². The van der Waals surface area contributed by atoms with Crippen LogP contribution in [0.2, 0.25) is 5.02 Å². The molecule has 0 spiro atoms. The van der Waals surface area contributed by atoms with Crippen LogP contribution in [-0.2, 0) is 0 Å². The first-order valence-electron chi connectivity index (χ1n) is 5.75. The van der Waals surface area contributed by atoms with Gasteiger partial charge in [0.2, 0.25) is 0 Å². The van der Waals surface area contributed by atoms with Gasteiger partial charge in [-0.15, -0.1) is 0 Å². The highest BCUT2D eigenvalue weighted by atomic mass is 35.5. The van der Waals surface area contributed by atoms with E-state index in [1.54, 1.807) is 12.1 Å². The third-order valence-electron chi connectivity index (χ3n) is 2.55. The van der Waals surface area contributed by atoms with E-state index in [4.69, 9.17) is 11.6 Å². The molecule has 1 unspecified atom stereocenters. The third-order valence-corrected chi connectivity index (χ3v) is 2.85. The predicted octanol–water partition coefficient (Wildman–Crippen LogP) is 4.24. The first-order valence-corrected chi connectivity index (χ1v) is 6.13. The number of anilines is 1. The van der Waals surface area contributed by atoms with E-state index < -0.39 is 4.92 Å². The van der Waals surface area contributed by atoms with Gasteiger partial charge in [0.1, 0.15) is 5.02 Å². The van der Waals surface area contributed by atoms with Crippen molar-refractivity contribution >= 4 is 23.0 Å². The number of hydrogen-bond donors (Lipinski definition) is 1. The van der Waals surface area contributed by atoms with Crippen LogP contribution >= 0.6 is 11.6 Å². The summed E-state index contributed by atoms with van der Waals surface area (Å²) in [6.45, 7) is 4.24. The van der Waals surface area contributed by atoms with Gasteiger partial charge in [-0.25, -0.2) is 0 Å². The summed E-state index contributed by atoms with van der Waals surface area (Å²) in [5, 5.41) is 14.0. The molecule has 1 rings (SSSR count). The maximum atomic E-state index is 10.6. The van der Waals surface area contributed by atoms with Crippen molar-refractivity contribution in [1.29, 1.82) is 0 Å². The Morgan fingerprint density at radius 3 is 2.76 bits per heavy atom. The molecule has 0 heterocycles. The largest absolute Gasteiger partial charge is 0.383 e. The van der Waals surface area contributed by atoms with Gasteiger partial charge < -0.3 is 5.32 Å². The highest BCUT2D eigenvalue weighted by Gasteiger charge is 2.12. The van der Waals surface area contributed by atoms with Crippen LogP contribution in [0.5, 0.6) is 0 Å². The standard InChI is InChI=1S/C12H17ClN2O2/c1-3-4-5-9(2)14-10-6-7-12(15(16)17)11(13)8-10/h6-9,14H,3-5H2,1-2H3. The second-order valence-corrected chi connectivity index (χ2v) is 4.52. The summed E-state index contributed by atoms with van der Waals surface area (Å²) < 4.78 is 0. The summed E-state index contributed by atoms with van der Waals surface area (Å²) in [4.78, 5) is 10.1. The number of nitro groups is 1. The SMILES string of the molecule is CCCCC(C)Nc1ccc([N+](=O)[O-])c(Cl)c1. The average molecular weight is 257 g/mol. The molecule has 4 nitrogen and oxygen atoms in total. The lowest BCUT2D eigenvalue weighted by atomic mass is 10.1. The average Bonchev–Trinajstić information content (AvgIpc) is 2.26. The molecule has 1 aromatic carbocycles. The van der Waals surface area contributed by atoms with Gasteiger partial charge in [-0.2, -0.15) is 0 Å². The van der Waals surface area contributed by atoms with Crippen LogP contribution in [0.1, 0.15) is 33.1 Å². The lowest BCUT2D eigenvalue weighted by Gasteiger charge is -2.14. The van der Waals surface area contributed by atoms with Gasteiger partial charge in [-0.3, -0.25) is 10.1 Å². The van der Waals surface area contributed by atoms with Gasteiger partial charge in [0.15, 0.2) is 0 Å². The Labute approximate surface area is 106 Å².